The Morgan fingerprint density at radius 1 is 1.33 bits per heavy atom. The summed E-state index contributed by atoms with van der Waals surface area (Å²) in [6.45, 7) is -0.186. The number of carbonyl (C=O) groups is 2. The molecule has 6 nitrogen and oxygen atoms in total. The third-order valence-electron chi connectivity index (χ3n) is 2.72. The van der Waals surface area contributed by atoms with Crippen LogP contribution in [0.3, 0.4) is 0 Å². The number of fused-ring (bicyclic) bond motifs is 1. The molecule has 1 saturated carbocycles. The second-order valence-corrected chi connectivity index (χ2v) is 3.47. The minimum Gasteiger partial charge on any atom is -0.550 e. The number of aliphatic carboxylic acids is 2. The average molecular weight is 231 g/mol. The van der Waals surface area contributed by atoms with Gasteiger partial charge in [0.05, 0.1) is 24.2 Å². The van der Waals surface area contributed by atoms with Crippen LogP contribution in [0.1, 0.15) is 0 Å². The first-order valence-corrected chi connectivity index (χ1v) is 3.81. The van der Waals surface area contributed by atoms with Crippen LogP contribution in [0.15, 0.2) is 0 Å². The Morgan fingerprint density at radius 3 is 2.20 bits per heavy atom. The number of nitrogens with two attached hydrogens (primary N) is 1. The maximum atomic E-state index is 10.6. The van der Waals surface area contributed by atoms with Crippen LogP contribution in [0.5, 0.6) is 0 Å². The maximum absolute atomic E-state index is 10.6. The van der Waals surface area contributed by atoms with Crippen LogP contribution >= 0.6 is 0 Å². The molecular weight excluding hydrogens is 224 g/mol. The molecule has 2 rings (SSSR count). The second kappa shape index (κ2) is 5.01. The predicted molar refractivity (Wildman–Crippen MR) is 33.7 cm³/mol. The first-order chi connectivity index (χ1) is 5.98. The van der Waals surface area contributed by atoms with Crippen molar-refractivity contribution in [2.24, 2.45) is 17.6 Å². The fourth-order valence-corrected chi connectivity index (χ4v) is 1.91. The number of carboxylic acids is 2. The Kier molecular flexibility index (Phi) is 5.30. The summed E-state index contributed by atoms with van der Waals surface area (Å²) in [5, 5.41) is 21.0. The van der Waals surface area contributed by atoms with E-state index in [1.807, 2.05) is 0 Å². The van der Waals surface area contributed by atoms with Gasteiger partial charge in [-0.15, -0.1) is 0 Å². The zero-order valence-corrected chi connectivity index (χ0v) is 12.6. The van der Waals surface area contributed by atoms with Crippen molar-refractivity contribution in [3.63, 3.8) is 0 Å². The van der Waals surface area contributed by atoms with Crippen molar-refractivity contribution in [2.75, 3.05) is 6.61 Å². The summed E-state index contributed by atoms with van der Waals surface area (Å²) in [4.78, 5) is 21.0. The summed E-state index contributed by atoms with van der Waals surface area (Å²) in [6, 6.07) is 0. The molecule has 4 atom stereocenters. The minimum absolute atomic E-state index is 0. The van der Waals surface area contributed by atoms with Gasteiger partial charge in [0.15, 0.2) is 0 Å². The Balaban J connectivity index is 0.000000980. The SMILES string of the molecule is NC1(C(=O)[O-])CO[C@@H]2C1[C@H]2C(=O)[O-].[Na+].[Na+]. The fourth-order valence-electron chi connectivity index (χ4n) is 1.91. The third-order valence-corrected chi connectivity index (χ3v) is 2.72. The Hall–Kier alpha value is 0.860. The van der Waals surface area contributed by atoms with Gasteiger partial charge >= 0.3 is 59.1 Å². The van der Waals surface area contributed by atoms with E-state index in [9.17, 15) is 19.8 Å². The van der Waals surface area contributed by atoms with E-state index in [1.165, 1.54) is 0 Å². The van der Waals surface area contributed by atoms with Crippen LogP contribution in [0.4, 0.5) is 0 Å². The van der Waals surface area contributed by atoms with Crippen LogP contribution in [-0.4, -0.2) is 30.2 Å². The first kappa shape index (κ1) is 15.9. The molecule has 2 aliphatic rings. The molecule has 0 bridgehead atoms. The smallest absolute Gasteiger partial charge is 0.550 e. The van der Waals surface area contributed by atoms with Gasteiger partial charge < -0.3 is 30.3 Å². The van der Waals surface area contributed by atoms with Gasteiger partial charge in [-0.25, -0.2) is 0 Å². The molecule has 0 spiro atoms. The van der Waals surface area contributed by atoms with Crippen LogP contribution in [0, 0.1) is 11.8 Å². The van der Waals surface area contributed by atoms with Crippen molar-refractivity contribution in [1.82, 2.24) is 0 Å². The summed E-state index contributed by atoms with van der Waals surface area (Å²) in [6.07, 6.45) is -0.604. The summed E-state index contributed by atoms with van der Waals surface area (Å²) in [5.74, 6) is -4.37. The van der Waals surface area contributed by atoms with Gasteiger partial charge in [-0.2, -0.15) is 0 Å². The second-order valence-electron chi connectivity index (χ2n) is 3.47. The Bertz CT molecular complexity index is 299. The third kappa shape index (κ3) is 2.28. The molecule has 1 saturated heterocycles. The van der Waals surface area contributed by atoms with Crippen molar-refractivity contribution >= 4 is 11.9 Å². The summed E-state index contributed by atoms with van der Waals surface area (Å²) in [7, 11) is 0. The van der Waals surface area contributed by atoms with E-state index in [-0.39, 0.29) is 65.7 Å². The van der Waals surface area contributed by atoms with Crippen LogP contribution in [-0.2, 0) is 14.3 Å². The number of rotatable bonds is 2. The fraction of sp³-hybridized carbons (Fsp3) is 0.714. The van der Waals surface area contributed by atoms with E-state index in [2.05, 4.69) is 0 Å². The molecule has 0 aromatic heterocycles. The molecule has 8 heteroatoms. The molecule has 72 valence electrons. The van der Waals surface area contributed by atoms with E-state index in [1.54, 1.807) is 0 Å². The van der Waals surface area contributed by atoms with E-state index < -0.39 is 35.4 Å². The quantitative estimate of drug-likeness (QED) is 0.472. The Morgan fingerprint density at radius 2 is 1.87 bits per heavy atom. The molecule has 0 aromatic carbocycles. The summed E-state index contributed by atoms with van der Waals surface area (Å²) < 4.78 is 4.91. The molecule has 1 aliphatic heterocycles. The van der Waals surface area contributed by atoms with Gasteiger partial charge in [0.2, 0.25) is 0 Å². The Labute approximate surface area is 130 Å². The summed E-state index contributed by atoms with van der Waals surface area (Å²) >= 11 is 0. The average Bonchev–Trinajstić information content (AvgIpc) is 2.66. The van der Waals surface area contributed by atoms with Crippen molar-refractivity contribution in [1.29, 1.82) is 0 Å². The molecule has 15 heavy (non-hydrogen) atoms. The van der Waals surface area contributed by atoms with Gasteiger partial charge in [-0.1, -0.05) is 0 Å². The van der Waals surface area contributed by atoms with Crippen LogP contribution in [0.25, 0.3) is 0 Å². The van der Waals surface area contributed by atoms with Gasteiger partial charge in [0.1, 0.15) is 0 Å². The zero-order chi connectivity index (χ0) is 9.80. The van der Waals surface area contributed by atoms with Gasteiger partial charge in [0.25, 0.3) is 0 Å². The topological polar surface area (TPSA) is 116 Å². The van der Waals surface area contributed by atoms with E-state index in [4.69, 9.17) is 10.5 Å². The van der Waals surface area contributed by atoms with Crippen molar-refractivity contribution in [2.45, 2.75) is 11.6 Å². The number of hydrogen-bond donors (Lipinski definition) is 1. The zero-order valence-electron chi connectivity index (χ0n) is 8.56. The van der Waals surface area contributed by atoms with E-state index in [0.717, 1.165) is 0 Å². The summed E-state index contributed by atoms with van der Waals surface area (Å²) in [5.41, 5.74) is 3.78. The monoisotopic (exact) mass is 231 g/mol. The predicted octanol–water partition coefficient (Wildman–Crippen LogP) is -10.2. The first-order valence-electron chi connectivity index (χ1n) is 3.81. The molecule has 0 aromatic rings. The molecule has 0 radical (unpaired) electrons. The molecule has 2 fully saturated rings. The maximum Gasteiger partial charge on any atom is 1.00 e. The van der Waals surface area contributed by atoms with Gasteiger partial charge in [-0.3, -0.25) is 0 Å². The largest absolute Gasteiger partial charge is 1.00 e. The molecule has 1 heterocycles. The van der Waals surface area contributed by atoms with Gasteiger partial charge in [0, 0.05) is 17.8 Å². The minimum atomic E-state index is -1.66. The molecular formula is C7H7NNa2O5. The number of carboxylic acid groups (broad SMARTS) is 2. The molecule has 2 N–H and O–H groups in total. The number of ether oxygens (including phenoxy) is 1. The number of carbonyl (C=O) groups excluding carboxylic acids is 2. The van der Waals surface area contributed by atoms with E-state index in [0.29, 0.717) is 0 Å². The molecule has 0 amide bonds. The van der Waals surface area contributed by atoms with Crippen molar-refractivity contribution in [3.8, 4) is 0 Å². The standard InChI is InChI=1S/C7H9NO5.2Na/c8-7(6(11)12)1-13-4-2(3(4)7)5(9)10;;/h2-4H,1,8H2,(H,9,10)(H,11,12);;/q;2*+1/p-2/t2-,3?,4+,7?;;/m1../s1. The van der Waals surface area contributed by atoms with Crippen LogP contribution < -0.4 is 75.1 Å². The van der Waals surface area contributed by atoms with Gasteiger partial charge in [-0.05, 0) is 0 Å². The number of hydrogen-bond acceptors (Lipinski definition) is 6. The molecule has 2 unspecified atom stereocenters. The van der Waals surface area contributed by atoms with E-state index >= 15 is 0 Å². The normalized spacial score (nSPS) is 40.7. The van der Waals surface area contributed by atoms with Crippen LogP contribution in [0.2, 0.25) is 0 Å². The van der Waals surface area contributed by atoms with Crippen molar-refractivity contribution in [3.05, 3.63) is 0 Å². The molecule has 1 aliphatic carbocycles. The van der Waals surface area contributed by atoms with Crippen molar-refractivity contribution < 1.29 is 83.7 Å².